The van der Waals surface area contributed by atoms with E-state index in [1.165, 1.54) is 7.11 Å². The predicted molar refractivity (Wildman–Crippen MR) is 92.0 cm³/mol. The number of carbonyl (C=O) groups is 2. The molecule has 0 aliphatic heterocycles. The van der Waals surface area contributed by atoms with Crippen molar-refractivity contribution in [3.63, 3.8) is 0 Å². The molecule has 2 rings (SSSR count). The lowest BCUT2D eigenvalue weighted by molar-refractivity contribution is -0.145. The van der Waals surface area contributed by atoms with E-state index < -0.39 is 24.5 Å². The van der Waals surface area contributed by atoms with Crippen LogP contribution in [0.2, 0.25) is 0 Å². The maximum absolute atomic E-state index is 11.8. The van der Waals surface area contributed by atoms with Crippen LogP contribution in [0.25, 0.3) is 0 Å². The number of carbonyl (C=O) groups excluding carboxylic acids is 2. The molecule has 0 aliphatic rings. The standard InChI is InChI=1S/C19H21NO5/c1-24-19(23)17(20-18(22)12-21)11-14-7-9-16(10-8-14)25-13-15-5-3-2-4-6-15/h2-10,17,21H,11-13H2,1H3,(H,20,22)/t17-/m1/s1. The minimum atomic E-state index is -0.847. The average Bonchev–Trinajstić information content (AvgIpc) is 2.66. The summed E-state index contributed by atoms with van der Waals surface area (Å²) in [6, 6.07) is 16.2. The van der Waals surface area contributed by atoms with Crippen molar-refractivity contribution in [2.24, 2.45) is 0 Å². The van der Waals surface area contributed by atoms with Crippen molar-refractivity contribution in [1.82, 2.24) is 5.32 Å². The molecule has 0 saturated heterocycles. The van der Waals surface area contributed by atoms with Gasteiger partial charge in [0.25, 0.3) is 0 Å². The van der Waals surface area contributed by atoms with Crippen molar-refractivity contribution < 1.29 is 24.2 Å². The monoisotopic (exact) mass is 343 g/mol. The van der Waals surface area contributed by atoms with Gasteiger partial charge in [0.15, 0.2) is 0 Å². The Morgan fingerprint density at radius 3 is 2.32 bits per heavy atom. The Morgan fingerprint density at radius 2 is 1.72 bits per heavy atom. The van der Waals surface area contributed by atoms with Crippen LogP contribution in [0.15, 0.2) is 54.6 Å². The van der Waals surface area contributed by atoms with Gasteiger partial charge in [-0.05, 0) is 23.3 Å². The molecule has 2 aromatic rings. The van der Waals surface area contributed by atoms with Crippen molar-refractivity contribution in [3.8, 4) is 5.75 Å². The number of amides is 1. The second kappa shape index (κ2) is 9.44. The zero-order valence-electron chi connectivity index (χ0n) is 14.0. The van der Waals surface area contributed by atoms with E-state index >= 15 is 0 Å². The van der Waals surface area contributed by atoms with E-state index in [-0.39, 0.29) is 6.42 Å². The first kappa shape index (κ1) is 18.5. The first-order valence-corrected chi connectivity index (χ1v) is 7.86. The lowest BCUT2D eigenvalue weighted by atomic mass is 10.1. The van der Waals surface area contributed by atoms with E-state index in [9.17, 15) is 9.59 Å². The Labute approximate surface area is 146 Å². The van der Waals surface area contributed by atoms with Crippen LogP contribution >= 0.6 is 0 Å². The SMILES string of the molecule is COC(=O)[C@@H](Cc1ccc(OCc2ccccc2)cc1)NC(=O)CO. The fourth-order valence-electron chi connectivity index (χ4n) is 2.27. The summed E-state index contributed by atoms with van der Waals surface area (Å²) >= 11 is 0. The zero-order chi connectivity index (χ0) is 18.1. The summed E-state index contributed by atoms with van der Waals surface area (Å²) in [7, 11) is 1.25. The van der Waals surface area contributed by atoms with E-state index in [1.54, 1.807) is 12.1 Å². The van der Waals surface area contributed by atoms with Crippen molar-refractivity contribution >= 4 is 11.9 Å². The Balaban J connectivity index is 1.95. The summed E-state index contributed by atoms with van der Waals surface area (Å²) in [4.78, 5) is 23.1. The third kappa shape index (κ3) is 5.93. The molecule has 1 amide bonds. The van der Waals surface area contributed by atoms with Gasteiger partial charge in [0.05, 0.1) is 7.11 Å². The second-order valence-electron chi connectivity index (χ2n) is 5.42. The minimum Gasteiger partial charge on any atom is -0.489 e. The lowest BCUT2D eigenvalue weighted by Crippen LogP contribution is -2.44. The quantitative estimate of drug-likeness (QED) is 0.709. The van der Waals surface area contributed by atoms with E-state index in [2.05, 4.69) is 10.1 Å². The first-order chi connectivity index (χ1) is 12.1. The number of nitrogens with one attached hydrogen (secondary N) is 1. The highest BCUT2D eigenvalue weighted by atomic mass is 16.5. The van der Waals surface area contributed by atoms with Gasteiger partial charge in [0, 0.05) is 6.42 Å². The fourth-order valence-corrected chi connectivity index (χ4v) is 2.27. The normalized spacial score (nSPS) is 11.4. The average molecular weight is 343 g/mol. The Hall–Kier alpha value is -2.86. The molecule has 0 heterocycles. The zero-order valence-corrected chi connectivity index (χ0v) is 14.0. The molecule has 0 aromatic heterocycles. The molecule has 2 N–H and O–H groups in total. The van der Waals surface area contributed by atoms with Gasteiger partial charge in [0.1, 0.15) is 25.0 Å². The van der Waals surface area contributed by atoms with Crippen LogP contribution in [-0.4, -0.2) is 36.7 Å². The number of rotatable bonds is 8. The Morgan fingerprint density at radius 1 is 1.04 bits per heavy atom. The molecule has 0 radical (unpaired) electrons. The summed E-state index contributed by atoms with van der Waals surface area (Å²) in [5.41, 5.74) is 1.91. The van der Waals surface area contributed by atoms with Crippen molar-refractivity contribution in [3.05, 3.63) is 65.7 Å². The number of hydrogen-bond donors (Lipinski definition) is 2. The van der Waals surface area contributed by atoms with Gasteiger partial charge in [-0.25, -0.2) is 4.79 Å². The molecule has 2 aromatic carbocycles. The van der Waals surface area contributed by atoms with Gasteiger partial charge in [-0.3, -0.25) is 4.79 Å². The van der Waals surface area contributed by atoms with Crippen LogP contribution in [-0.2, 0) is 27.4 Å². The number of hydrogen-bond acceptors (Lipinski definition) is 5. The molecule has 0 spiro atoms. The molecule has 0 fully saturated rings. The number of methoxy groups -OCH3 is 1. The third-order valence-electron chi connectivity index (χ3n) is 3.58. The summed E-state index contributed by atoms with van der Waals surface area (Å²) in [6.45, 7) is -0.211. The topological polar surface area (TPSA) is 84.9 Å². The fraction of sp³-hybridized carbons (Fsp3) is 0.263. The van der Waals surface area contributed by atoms with Gasteiger partial charge in [0.2, 0.25) is 5.91 Å². The smallest absolute Gasteiger partial charge is 0.328 e. The van der Waals surface area contributed by atoms with E-state index in [0.29, 0.717) is 12.4 Å². The van der Waals surface area contributed by atoms with E-state index in [0.717, 1.165) is 11.1 Å². The van der Waals surface area contributed by atoms with Gasteiger partial charge in [-0.2, -0.15) is 0 Å². The molecule has 6 nitrogen and oxygen atoms in total. The maximum atomic E-state index is 11.8. The molecular formula is C19H21NO5. The number of aliphatic hydroxyl groups is 1. The molecular weight excluding hydrogens is 322 g/mol. The van der Waals surface area contributed by atoms with Crippen LogP contribution in [0.1, 0.15) is 11.1 Å². The molecule has 0 unspecified atom stereocenters. The van der Waals surface area contributed by atoms with Crippen molar-refractivity contribution in [2.45, 2.75) is 19.1 Å². The van der Waals surface area contributed by atoms with Gasteiger partial charge in [-0.1, -0.05) is 42.5 Å². The second-order valence-corrected chi connectivity index (χ2v) is 5.42. The van der Waals surface area contributed by atoms with E-state index in [4.69, 9.17) is 9.84 Å². The summed E-state index contributed by atoms with van der Waals surface area (Å²) in [5.74, 6) is -0.481. The molecule has 0 bridgehead atoms. The number of ether oxygens (including phenoxy) is 2. The third-order valence-corrected chi connectivity index (χ3v) is 3.58. The van der Waals surface area contributed by atoms with Gasteiger partial charge < -0.3 is 19.9 Å². The molecule has 0 aliphatic carbocycles. The number of aliphatic hydroxyl groups excluding tert-OH is 1. The molecule has 0 saturated carbocycles. The molecule has 25 heavy (non-hydrogen) atoms. The Kier molecular flexibility index (Phi) is 6.98. The number of benzene rings is 2. The minimum absolute atomic E-state index is 0.261. The molecule has 132 valence electrons. The van der Waals surface area contributed by atoms with Gasteiger partial charge in [-0.15, -0.1) is 0 Å². The van der Waals surface area contributed by atoms with Crippen LogP contribution in [0.4, 0.5) is 0 Å². The summed E-state index contributed by atoms with van der Waals surface area (Å²) in [5, 5.41) is 11.2. The highest BCUT2D eigenvalue weighted by Crippen LogP contribution is 2.15. The van der Waals surface area contributed by atoms with E-state index in [1.807, 2.05) is 42.5 Å². The van der Waals surface area contributed by atoms with Gasteiger partial charge >= 0.3 is 5.97 Å². The molecule has 1 atom stereocenters. The van der Waals surface area contributed by atoms with Crippen LogP contribution in [0.5, 0.6) is 5.75 Å². The molecule has 6 heteroatoms. The summed E-state index contributed by atoms with van der Waals surface area (Å²) in [6.07, 6.45) is 0.261. The van der Waals surface area contributed by atoms with Crippen LogP contribution in [0, 0.1) is 0 Å². The predicted octanol–water partition coefficient (Wildman–Crippen LogP) is 1.46. The van der Waals surface area contributed by atoms with Crippen LogP contribution < -0.4 is 10.1 Å². The lowest BCUT2D eigenvalue weighted by Gasteiger charge is -2.16. The number of esters is 1. The largest absolute Gasteiger partial charge is 0.489 e. The van der Waals surface area contributed by atoms with Crippen molar-refractivity contribution in [1.29, 1.82) is 0 Å². The Bertz CT molecular complexity index is 685. The maximum Gasteiger partial charge on any atom is 0.328 e. The highest BCUT2D eigenvalue weighted by Gasteiger charge is 2.21. The highest BCUT2D eigenvalue weighted by molar-refractivity contribution is 5.85. The summed E-state index contributed by atoms with van der Waals surface area (Å²) < 4.78 is 10.4. The van der Waals surface area contributed by atoms with Crippen LogP contribution in [0.3, 0.4) is 0 Å². The first-order valence-electron chi connectivity index (χ1n) is 7.86. The van der Waals surface area contributed by atoms with Crippen molar-refractivity contribution in [2.75, 3.05) is 13.7 Å².